The van der Waals surface area contributed by atoms with E-state index in [1.807, 2.05) is 0 Å². The molecule has 0 aliphatic rings. The normalized spacial score (nSPS) is 11.1. The molecule has 0 N–H and O–H groups in total. The van der Waals surface area contributed by atoms with Crippen molar-refractivity contribution in [3.8, 4) is 11.8 Å². The van der Waals surface area contributed by atoms with E-state index in [2.05, 4.69) is 9.47 Å². The van der Waals surface area contributed by atoms with Gasteiger partial charge in [-0.2, -0.15) is 27.2 Å². The van der Waals surface area contributed by atoms with Crippen LogP contribution in [0.5, 0.6) is 5.75 Å². The largest absolute Gasteiger partial charge is 0.462 e. The van der Waals surface area contributed by atoms with E-state index in [9.17, 15) is 26.7 Å². The molecule has 0 saturated heterocycles. The van der Waals surface area contributed by atoms with Gasteiger partial charge < -0.3 is 9.47 Å². The van der Waals surface area contributed by atoms with Crippen molar-refractivity contribution in [3.05, 3.63) is 28.8 Å². The van der Waals surface area contributed by atoms with E-state index in [-0.39, 0.29) is 12.7 Å². The molecule has 0 amide bonds. The first-order valence-corrected chi connectivity index (χ1v) is 5.48. The summed E-state index contributed by atoms with van der Waals surface area (Å²) in [7, 11) is 0. The highest BCUT2D eigenvalue weighted by Crippen LogP contribution is 2.37. The molecule has 0 aliphatic heterocycles. The molecule has 1 rings (SSSR count). The lowest BCUT2D eigenvalue weighted by Crippen LogP contribution is -2.18. The lowest BCUT2D eigenvalue weighted by atomic mass is 10.0. The summed E-state index contributed by atoms with van der Waals surface area (Å²) in [5.74, 6) is -2.24. The van der Waals surface area contributed by atoms with Gasteiger partial charge in [-0.3, -0.25) is 0 Å². The van der Waals surface area contributed by atoms with Crippen molar-refractivity contribution in [2.75, 3.05) is 6.61 Å². The first kappa shape index (κ1) is 16.7. The first-order chi connectivity index (χ1) is 9.70. The van der Waals surface area contributed by atoms with E-state index in [1.54, 1.807) is 0 Å². The molecule has 0 atom stereocenters. The van der Waals surface area contributed by atoms with Crippen LogP contribution in [0.4, 0.5) is 22.0 Å². The topological polar surface area (TPSA) is 59.3 Å². The Labute approximate surface area is 115 Å². The highest BCUT2D eigenvalue weighted by molar-refractivity contribution is 5.94. The van der Waals surface area contributed by atoms with Crippen LogP contribution in [-0.2, 0) is 10.9 Å². The molecule has 0 bridgehead atoms. The summed E-state index contributed by atoms with van der Waals surface area (Å²) < 4.78 is 71.2. The summed E-state index contributed by atoms with van der Waals surface area (Å²) in [5.41, 5.74) is -3.37. The van der Waals surface area contributed by atoms with Crippen molar-refractivity contribution in [2.45, 2.75) is 19.7 Å². The smallest absolute Gasteiger partial charge is 0.417 e. The lowest BCUT2D eigenvalue weighted by Gasteiger charge is -2.15. The van der Waals surface area contributed by atoms with Gasteiger partial charge in [0.15, 0.2) is 0 Å². The number of carbonyl (C=O) groups is 1. The van der Waals surface area contributed by atoms with Gasteiger partial charge in [-0.1, -0.05) is 0 Å². The maximum absolute atomic E-state index is 12.9. The van der Waals surface area contributed by atoms with Gasteiger partial charge in [0.2, 0.25) is 0 Å². The monoisotopic (exact) mass is 309 g/mol. The average Bonchev–Trinajstić information content (AvgIpc) is 2.36. The van der Waals surface area contributed by atoms with Crippen LogP contribution in [0.1, 0.15) is 28.4 Å². The van der Waals surface area contributed by atoms with Gasteiger partial charge >= 0.3 is 18.8 Å². The molecule has 0 radical (unpaired) electrons. The number of ether oxygens (including phenoxy) is 2. The number of benzene rings is 1. The number of esters is 1. The van der Waals surface area contributed by atoms with E-state index >= 15 is 0 Å². The van der Waals surface area contributed by atoms with Gasteiger partial charge in [-0.15, -0.1) is 0 Å². The van der Waals surface area contributed by atoms with Gasteiger partial charge in [0, 0.05) is 0 Å². The molecule has 1 aromatic rings. The van der Waals surface area contributed by atoms with Crippen molar-refractivity contribution in [2.24, 2.45) is 0 Å². The second-order valence-corrected chi connectivity index (χ2v) is 3.60. The Morgan fingerprint density at radius 3 is 2.43 bits per heavy atom. The van der Waals surface area contributed by atoms with Crippen LogP contribution >= 0.6 is 0 Å². The van der Waals surface area contributed by atoms with E-state index < -0.39 is 41.2 Å². The van der Waals surface area contributed by atoms with Crippen LogP contribution in [-0.4, -0.2) is 19.2 Å². The summed E-state index contributed by atoms with van der Waals surface area (Å²) in [6.45, 7) is -2.21. The van der Waals surface area contributed by atoms with Crippen molar-refractivity contribution in [1.82, 2.24) is 0 Å². The number of carbonyl (C=O) groups excluding carboxylic acids is 1. The minimum absolute atomic E-state index is 0.212. The molecular formula is C12H8F5NO3. The molecule has 9 heteroatoms. The predicted octanol–water partition coefficient (Wildman–Crippen LogP) is 3.36. The van der Waals surface area contributed by atoms with Gasteiger partial charge in [0.05, 0.1) is 23.3 Å². The van der Waals surface area contributed by atoms with Crippen LogP contribution < -0.4 is 4.74 Å². The summed E-state index contributed by atoms with van der Waals surface area (Å²) in [4.78, 5) is 11.6. The highest BCUT2D eigenvalue weighted by Gasteiger charge is 2.38. The molecule has 0 aromatic heterocycles. The third-order valence-electron chi connectivity index (χ3n) is 2.24. The molecular weight excluding hydrogens is 301 g/mol. The van der Waals surface area contributed by atoms with E-state index in [4.69, 9.17) is 5.26 Å². The van der Waals surface area contributed by atoms with Crippen LogP contribution in [0.15, 0.2) is 12.1 Å². The van der Waals surface area contributed by atoms with Crippen LogP contribution in [0.2, 0.25) is 0 Å². The molecule has 0 saturated carbocycles. The van der Waals surface area contributed by atoms with Crippen molar-refractivity contribution in [3.63, 3.8) is 0 Å². The highest BCUT2D eigenvalue weighted by atomic mass is 19.4. The van der Waals surface area contributed by atoms with Crippen LogP contribution in [0.3, 0.4) is 0 Å². The predicted molar refractivity (Wildman–Crippen MR) is 58.7 cm³/mol. The Kier molecular flexibility index (Phi) is 5.07. The van der Waals surface area contributed by atoms with Gasteiger partial charge in [0.1, 0.15) is 11.8 Å². The van der Waals surface area contributed by atoms with E-state index in [1.165, 1.54) is 13.0 Å². The average molecular weight is 309 g/mol. The second kappa shape index (κ2) is 6.39. The van der Waals surface area contributed by atoms with E-state index in [0.29, 0.717) is 6.07 Å². The molecule has 0 heterocycles. The quantitative estimate of drug-likeness (QED) is 0.632. The number of hydrogen-bond donors (Lipinski definition) is 0. The standard InChI is InChI=1S/C12H8F5NO3/c1-2-20-10(19)9-6(5-18)3-7(21-11(13)14)4-8(9)12(15,16)17/h3-4,11H,2H2,1H3. The van der Waals surface area contributed by atoms with Crippen LogP contribution in [0.25, 0.3) is 0 Å². The summed E-state index contributed by atoms with van der Waals surface area (Å²) in [6, 6.07) is 2.18. The zero-order valence-electron chi connectivity index (χ0n) is 10.5. The Bertz CT molecular complexity index is 577. The molecule has 114 valence electrons. The third kappa shape index (κ3) is 4.05. The Morgan fingerprint density at radius 2 is 2.00 bits per heavy atom. The van der Waals surface area contributed by atoms with Gasteiger partial charge in [-0.05, 0) is 19.1 Å². The molecule has 4 nitrogen and oxygen atoms in total. The first-order valence-electron chi connectivity index (χ1n) is 5.48. The lowest BCUT2D eigenvalue weighted by molar-refractivity contribution is -0.138. The maximum atomic E-state index is 12.9. The zero-order chi connectivity index (χ0) is 16.2. The minimum Gasteiger partial charge on any atom is -0.462 e. The second-order valence-electron chi connectivity index (χ2n) is 3.60. The Morgan fingerprint density at radius 1 is 1.38 bits per heavy atom. The molecule has 0 unspecified atom stereocenters. The summed E-state index contributed by atoms with van der Waals surface area (Å²) in [5, 5.41) is 8.82. The molecule has 0 aliphatic carbocycles. The van der Waals surface area contributed by atoms with Crippen molar-refractivity contribution < 1.29 is 36.2 Å². The number of alkyl halides is 5. The van der Waals surface area contributed by atoms with Gasteiger partial charge in [0.25, 0.3) is 0 Å². The number of nitrogens with zero attached hydrogens (tertiary/aromatic N) is 1. The van der Waals surface area contributed by atoms with Crippen molar-refractivity contribution in [1.29, 1.82) is 5.26 Å². The van der Waals surface area contributed by atoms with Crippen molar-refractivity contribution >= 4 is 5.97 Å². The fourth-order valence-electron chi connectivity index (χ4n) is 1.52. The number of halogens is 5. The summed E-state index contributed by atoms with van der Waals surface area (Å²) >= 11 is 0. The fraction of sp³-hybridized carbons (Fsp3) is 0.333. The fourth-order valence-corrected chi connectivity index (χ4v) is 1.52. The molecule has 1 aromatic carbocycles. The van der Waals surface area contributed by atoms with E-state index in [0.717, 1.165) is 0 Å². The molecule has 0 spiro atoms. The number of hydrogen-bond acceptors (Lipinski definition) is 4. The molecule has 21 heavy (non-hydrogen) atoms. The maximum Gasteiger partial charge on any atom is 0.417 e. The Balaban J connectivity index is 3.53. The van der Waals surface area contributed by atoms with Gasteiger partial charge in [-0.25, -0.2) is 4.79 Å². The van der Waals surface area contributed by atoms with Crippen LogP contribution in [0, 0.1) is 11.3 Å². The number of nitriles is 1. The zero-order valence-corrected chi connectivity index (χ0v) is 10.5. The molecule has 0 fully saturated rings. The summed E-state index contributed by atoms with van der Waals surface area (Å²) in [6.07, 6.45) is -5.05. The SMILES string of the molecule is CCOC(=O)c1c(C#N)cc(OC(F)F)cc1C(F)(F)F. The number of rotatable bonds is 4. The third-order valence-corrected chi connectivity index (χ3v) is 2.24. The Hall–Kier alpha value is -2.37. The minimum atomic E-state index is -5.05.